The Morgan fingerprint density at radius 2 is 2.15 bits per heavy atom. The molecular formula is C15H18ClNO3. The second kappa shape index (κ2) is 6.86. The van der Waals surface area contributed by atoms with E-state index in [0.29, 0.717) is 35.6 Å². The normalized spacial score (nSPS) is 21.9. The van der Waals surface area contributed by atoms with Gasteiger partial charge in [-0.3, -0.25) is 10.1 Å². The Balaban J connectivity index is 1.92. The molecule has 1 aliphatic rings. The zero-order valence-electron chi connectivity index (χ0n) is 11.4. The molecule has 5 heteroatoms. The lowest BCUT2D eigenvalue weighted by molar-refractivity contribution is -0.384. The number of rotatable bonds is 5. The third kappa shape index (κ3) is 3.81. The molecule has 2 atom stereocenters. The lowest BCUT2D eigenvalue weighted by Crippen LogP contribution is -2.19. The zero-order valence-corrected chi connectivity index (χ0v) is 12.2. The fraction of sp³-hybridized carbons (Fsp3) is 0.467. The summed E-state index contributed by atoms with van der Waals surface area (Å²) >= 11 is 6.04. The Morgan fingerprint density at radius 3 is 2.85 bits per heavy atom. The first-order chi connectivity index (χ1) is 9.58. The van der Waals surface area contributed by atoms with Crippen molar-refractivity contribution in [2.75, 3.05) is 6.61 Å². The number of nitrogens with zero attached hydrogens (tertiary/aromatic N) is 1. The first-order valence-electron chi connectivity index (χ1n) is 6.73. The van der Waals surface area contributed by atoms with Crippen molar-refractivity contribution in [3.05, 3.63) is 51.1 Å². The molecule has 1 aromatic carbocycles. The molecule has 0 saturated carbocycles. The molecule has 0 amide bonds. The average molecular weight is 296 g/mol. The van der Waals surface area contributed by atoms with E-state index < -0.39 is 4.92 Å². The molecule has 0 bridgehead atoms. The summed E-state index contributed by atoms with van der Waals surface area (Å²) < 4.78 is 5.70. The molecule has 108 valence electrons. The van der Waals surface area contributed by atoms with Crippen LogP contribution < -0.4 is 0 Å². The topological polar surface area (TPSA) is 52.4 Å². The molecule has 1 aliphatic carbocycles. The SMILES string of the molecule is CC1CC=CCC1COCc1cc([N+](=O)[O-])ccc1Cl. The van der Waals surface area contributed by atoms with Gasteiger partial charge in [0.15, 0.2) is 0 Å². The number of halogens is 1. The first kappa shape index (κ1) is 15.0. The molecule has 1 aromatic rings. The summed E-state index contributed by atoms with van der Waals surface area (Å²) in [6, 6.07) is 4.43. The maximum absolute atomic E-state index is 10.7. The second-order valence-electron chi connectivity index (χ2n) is 5.23. The molecule has 0 N–H and O–H groups in total. The van der Waals surface area contributed by atoms with Crippen LogP contribution in [0.15, 0.2) is 30.4 Å². The molecule has 0 aliphatic heterocycles. The minimum absolute atomic E-state index is 0.0435. The van der Waals surface area contributed by atoms with Gasteiger partial charge in [-0.15, -0.1) is 0 Å². The van der Waals surface area contributed by atoms with Crippen molar-refractivity contribution in [2.24, 2.45) is 11.8 Å². The highest BCUT2D eigenvalue weighted by Gasteiger charge is 2.18. The van der Waals surface area contributed by atoms with Gasteiger partial charge in [0.1, 0.15) is 0 Å². The van der Waals surface area contributed by atoms with E-state index in [1.54, 1.807) is 6.07 Å². The van der Waals surface area contributed by atoms with Crippen LogP contribution in [0.3, 0.4) is 0 Å². The average Bonchev–Trinajstić information content (AvgIpc) is 2.42. The number of benzene rings is 1. The van der Waals surface area contributed by atoms with E-state index in [1.165, 1.54) is 12.1 Å². The summed E-state index contributed by atoms with van der Waals surface area (Å²) in [6.07, 6.45) is 6.52. The summed E-state index contributed by atoms with van der Waals surface area (Å²) in [5.74, 6) is 1.12. The summed E-state index contributed by atoms with van der Waals surface area (Å²) in [6.45, 7) is 3.19. The Morgan fingerprint density at radius 1 is 1.40 bits per heavy atom. The Labute approximate surface area is 123 Å². The van der Waals surface area contributed by atoms with E-state index in [0.717, 1.165) is 12.8 Å². The van der Waals surface area contributed by atoms with Crippen molar-refractivity contribution in [3.63, 3.8) is 0 Å². The summed E-state index contributed by atoms with van der Waals surface area (Å²) in [5.41, 5.74) is 0.710. The smallest absolute Gasteiger partial charge is 0.269 e. The van der Waals surface area contributed by atoms with Crippen molar-refractivity contribution in [1.29, 1.82) is 0 Å². The van der Waals surface area contributed by atoms with Gasteiger partial charge in [-0.25, -0.2) is 0 Å². The predicted molar refractivity (Wildman–Crippen MR) is 78.8 cm³/mol. The number of nitro benzene ring substituents is 1. The number of ether oxygens (including phenoxy) is 1. The second-order valence-corrected chi connectivity index (χ2v) is 5.64. The molecule has 0 heterocycles. The number of hydrogen-bond donors (Lipinski definition) is 0. The molecular weight excluding hydrogens is 278 g/mol. The van der Waals surface area contributed by atoms with Gasteiger partial charge < -0.3 is 4.74 Å². The van der Waals surface area contributed by atoms with Crippen LogP contribution >= 0.6 is 11.6 Å². The van der Waals surface area contributed by atoms with Crippen LogP contribution in [0.4, 0.5) is 5.69 Å². The van der Waals surface area contributed by atoms with Crippen molar-refractivity contribution in [1.82, 2.24) is 0 Å². The van der Waals surface area contributed by atoms with Gasteiger partial charge in [0.25, 0.3) is 5.69 Å². The van der Waals surface area contributed by atoms with E-state index in [-0.39, 0.29) is 5.69 Å². The standard InChI is InChI=1S/C15H18ClNO3/c1-11-4-2-3-5-12(11)9-20-10-13-8-14(17(18)19)6-7-15(13)16/h2-3,6-8,11-12H,4-5,9-10H2,1H3. The number of non-ortho nitro benzene ring substituents is 1. The highest BCUT2D eigenvalue weighted by Crippen LogP contribution is 2.27. The summed E-state index contributed by atoms with van der Waals surface area (Å²) in [4.78, 5) is 10.3. The van der Waals surface area contributed by atoms with Crippen LogP contribution in [-0.4, -0.2) is 11.5 Å². The van der Waals surface area contributed by atoms with Gasteiger partial charge in [0, 0.05) is 22.7 Å². The van der Waals surface area contributed by atoms with Crippen molar-refractivity contribution in [3.8, 4) is 0 Å². The molecule has 2 unspecified atom stereocenters. The lowest BCUT2D eigenvalue weighted by Gasteiger charge is -2.25. The van der Waals surface area contributed by atoms with Gasteiger partial charge in [-0.2, -0.15) is 0 Å². The molecule has 0 aromatic heterocycles. The van der Waals surface area contributed by atoms with E-state index in [2.05, 4.69) is 19.1 Å². The van der Waals surface area contributed by atoms with Crippen LogP contribution in [0.1, 0.15) is 25.3 Å². The highest BCUT2D eigenvalue weighted by molar-refractivity contribution is 6.31. The van der Waals surface area contributed by atoms with E-state index in [9.17, 15) is 10.1 Å². The minimum Gasteiger partial charge on any atom is -0.376 e. The van der Waals surface area contributed by atoms with E-state index in [4.69, 9.17) is 16.3 Å². The highest BCUT2D eigenvalue weighted by atomic mass is 35.5. The molecule has 20 heavy (non-hydrogen) atoms. The first-order valence-corrected chi connectivity index (χ1v) is 7.11. The lowest BCUT2D eigenvalue weighted by atomic mass is 9.85. The zero-order chi connectivity index (χ0) is 14.5. The van der Waals surface area contributed by atoms with E-state index in [1.807, 2.05) is 0 Å². The van der Waals surface area contributed by atoms with Crippen molar-refractivity contribution in [2.45, 2.75) is 26.4 Å². The number of hydrogen-bond acceptors (Lipinski definition) is 3. The van der Waals surface area contributed by atoms with Gasteiger partial charge in [-0.05, 0) is 30.7 Å². The van der Waals surface area contributed by atoms with Gasteiger partial charge in [-0.1, -0.05) is 30.7 Å². The monoisotopic (exact) mass is 295 g/mol. The molecule has 0 radical (unpaired) electrons. The Hall–Kier alpha value is -1.39. The maximum atomic E-state index is 10.7. The van der Waals surface area contributed by atoms with Gasteiger partial charge in [0.05, 0.1) is 18.1 Å². The molecule has 0 fully saturated rings. The fourth-order valence-corrected chi connectivity index (χ4v) is 2.52. The predicted octanol–water partition coefficient (Wildman–Crippen LogP) is 4.37. The molecule has 0 saturated heterocycles. The molecule has 2 rings (SSSR count). The third-order valence-electron chi connectivity index (χ3n) is 3.75. The molecule has 4 nitrogen and oxygen atoms in total. The van der Waals surface area contributed by atoms with Crippen LogP contribution in [0, 0.1) is 22.0 Å². The van der Waals surface area contributed by atoms with Crippen LogP contribution in [0.25, 0.3) is 0 Å². The third-order valence-corrected chi connectivity index (χ3v) is 4.12. The summed E-state index contributed by atoms with van der Waals surface area (Å²) in [5, 5.41) is 11.2. The quantitative estimate of drug-likeness (QED) is 0.460. The Bertz CT molecular complexity index is 516. The van der Waals surface area contributed by atoms with Crippen LogP contribution in [-0.2, 0) is 11.3 Å². The van der Waals surface area contributed by atoms with Crippen LogP contribution in [0.2, 0.25) is 5.02 Å². The van der Waals surface area contributed by atoms with Gasteiger partial charge >= 0.3 is 0 Å². The maximum Gasteiger partial charge on any atom is 0.269 e. The molecule has 0 spiro atoms. The fourth-order valence-electron chi connectivity index (χ4n) is 2.34. The van der Waals surface area contributed by atoms with Crippen LogP contribution in [0.5, 0.6) is 0 Å². The largest absolute Gasteiger partial charge is 0.376 e. The van der Waals surface area contributed by atoms with Crippen molar-refractivity contribution < 1.29 is 9.66 Å². The number of allylic oxidation sites excluding steroid dienone is 2. The van der Waals surface area contributed by atoms with E-state index >= 15 is 0 Å². The van der Waals surface area contributed by atoms with Gasteiger partial charge in [0.2, 0.25) is 0 Å². The summed E-state index contributed by atoms with van der Waals surface area (Å²) in [7, 11) is 0. The Kier molecular flexibility index (Phi) is 5.15. The minimum atomic E-state index is -0.423. The number of nitro groups is 1. The van der Waals surface area contributed by atoms with Crippen molar-refractivity contribution >= 4 is 17.3 Å².